The number of aliphatic hydroxyl groups excluding tert-OH is 8. The molecular weight excluding hydrogens is 1190 g/mol. The van der Waals surface area contributed by atoms with Gasteiger partial charge < -0.3 is 79.4 Å². The Kier molecular flexibility index (Phi) is 19.7. The maximum Gasteiger partial charge on any atom is 0.315 e. The van der Waals surface area contributed by atoms with Crippen LogP contribution >= 0.6 is 0 Å². The van der Waals surface area contributed by atoms with Crippen molar-refractivity contribution in [3.63, 3.8) is 0 Å². The number of ether oxygens (including phenoxy) is 6. The van der Waals surface area contributed by atoms with E-state index in [1.165, 1.54) is 16.1 Å². The van der Waals surface area contributed by atoms with Crippen LogP contribution in [0.25, 0.3) is 0 Å². The number of nitrogens with one attached hydrogen (secondary N) is 1. The van der Waals surface area contributed by atoms with E-state index in [1.807, 2.05) is 19.1 Å². The molecule has 3 aliphatic heterocycles. The van der Waals surface area contributed by atoms with Crippen molar-refractivity contribution in [3.8, 4) is 0 Å². The summed E-state index contributed by atoms with van der Waals surface area (Å²) in [7, 11) is 0. The first kappa shape index (κ1) is 66.0. The van der Waals surface area contributed by atoms with E-state index < -0.39 is 140 Å². The van der Waals surface area contributed by atoms with Crippen molar-refractivity contribution in [1.82, 2.24) is 5.32 Å². The van der Waals surface area contributed by atoms with Crippen LogP contribution in [0.5, 0.6) is 0 Å². The quantitative estimate of drug-likeness (QED) is 0.0236. The van der Waals surface area contributed by atoms with Crippen molar-refractivity contribution in [2.45, 2.75) is 258 Å². The van der Waals surface area contributed by atoms with E-state index in [-0.39, 0.29) is 58.2 Å². The van der Waals surface area contributed by atoms with Gasteiger partial charge in [-0.15, -0.1) is 0 Å². The third kappa shape index (κ3) is 12.1. The summed E-state index contributed by atoms with van der Waals surface area (Å²) < 4.78 is 38.2. The zero-order valence-electron chi connectivity index (χ0n) is 51.2. The number of rotatable bonds is 18. The second-order valence-electron chi connectivity index (χ2n) is 29.4. The smallest absolute Gasteiger partial charge is 0.315 e. The monoisotopic (exact) mass is 1290 g/mol. The molecule has 1 aromatic rings. The first-order chi connectivity index (χ1) is 39.4. The summed E-state index contributed by atoms with van der Waals surface area (Å²) in [6.07, 6.45) is -8.27. The Bertz CT molecular complexity index is 2560. The number of carbonyl (C=O) groups excluding carboxylic acids is 4. The number of hydrogen-bond acceptors (Lipinski definition) is 18. The fraction of sp³-hybridized carbons (Fsp3) is 0.812. The molecule has 8 aliphatic rings. The molecule has 19 nitrogen and oxygen atoms in total. The minimum absolute atomic E-state index is 0.0203. The number of amides is 1. The van der Waals surface area contributed by atoms with Gasteiger partial charge in [0, 0.05) is 0 Å². The molecule has 0 aromatic heterocycles. The Morgan fingerprint density at radius 1 is 0.726 bits per heavy atom. The Hall–Kier alpha value is -2.48. The van der Waals surface area contributed by atoms with Crippen LogP contribution in [0, 0.1) is 50.2 Å². The number of aliphatic hydroxyl groups is 8. The maximum atomic E-state index is 15.7. The van der Waals surface area contributed by atoms with Gasteiger partial charge in [0.2, 0.25) is 6.29 Å². The summed E-state index contributed by atoms with van der Waals surface area (Å²) in [5.74, 6) is -0.976. The first-order valence-electron chi connectivity index (χ1n) is 31.3. The maximum absolute atomic E-state index is 15.7. The van der Waals surface area contributed by atoms with Gasteiger partial charge in [0.25, 0.3) is 0 Å². The average molecular weight is 1290 g/mol. The fourth-order valence-corrected chi connectivity index (χ4v) is 20.5. The van der Waals surface area contributed by atoms with Crippen molar-refractivity contribution in [2.75, 3.05) is 13.2 Å². The molecule has 0 bridgehead atoms. The molecule has 9 rings (SSSR count). The summed E-state index contributed by atoms with van der Waals surface area (Å²) >= 11 is -2.26. The number of benzene rings is 1. The van der Waals surface area contributed by atoms with E-state index in [9.17, 15) is 55.2 Å². The van der Waals surface area contributed by atoms with E-state index >= 15 is 4.79 Å². The minimum Gasteiger partial charge on any atom is -0.432 e. The average Bonchev–Trinajstić information content (AvgIpc) is 0.825. The number of fused-ring (bicyclic) bond motifs is 7. The number of Topliss-reactive ketones (excluding diaryl/α,β-unsaturated/α-hetero) is 1. The summed E-state index contributed by atoms with van der Waals surface area (Å²) in [6.45, 7) is 13.9. The van der Waals surface area contributed by atoms with Gasteiger partial charge in [-0.2, -0.15) is 0 Å². The third-order valence-electron chi connectivity index (χ3n) is 22.8. The molecule has 23 atom stereocenters. The minimum atomic E-state index is -2.26. The third-order valence-corrected chi connectivity index (χ3v) is 28.7. The summed E-state index contributed by atoms with van der Waals surface area (Å²) in [5, 5.41) is 91.8. The second kappa shape index (κ2) is 25.1. The molecule has 472 valence electrons. The van der Waals surface area contributed by atoms with Crippen LogP contribution in [0.15, 0.2) is 35.9 Å². The SMILES string of the molecule is CC1O[C@@H](OC2C(O)[C@@H](NC(=O)CCCCCCC(=O)c3cc[c]([Sn]([CH3])([CH3])[CH3])cc3)C(CO)O[C@H]2OC(=O)[C@]23CCC(C)(C)CC2C2=CCC4C5(C)CC[C@H](O)[C@](C)(C=O)[C@@H]5CC[C@]4(C)[C@]2(C)CC3)C(O)C(O)[C@H]1O[C@@H]1OC[C@@H](O)C(O)C1O. The number of esters is 1. The first-order valence-corrected chi connectivity index (χ1v) is 41.3. The van der Waals surface area contributed by atoms with Crippen LogP contribution in [-0.4, -0.2) is 188 Å². The fourth-order valence-electron chi connectivity index (χ4n) is 17.2. The molecule has 84 heavy (non-hydrogen) atoms. The van der Waals surface area contributed by atoms with Crippen LogP contribution in [0.1, 0.15) is 162 Å². The van der Waals surface area contributed by atoms with E-state index in [0.717, 1.165) is 32.0 Å². The standard InChI is InChI=1S/C61H90NO18.3CH3.Sn/c1-33-50(78-52-48(72)45(69)38(66)31-75-52)47(71)49(73)53(76-33)79-51-46(70)44(62-43(68)18-14-9-8-13-17-37(65)34-15-11-10-12-16-34)39(30-63)77-54(51)80-55(74)61-27-25-56(2,3)29-36(61)35-19-20-41-57(4)23-22-42(67)58(5,32-64)40(57)21-24-60(41,7)59(35,6)26-28-61;;;;/h11-12,15-16,19,32-33,36,38-42,44-54,63,66-67,69-73H,8-9,13-14,17-18,20-31H2,1-7H3,(H,62,68);3*1H3;/t33?,36?,38-,39?,40-,41?,42+,44+,45?,46?,47?,48?,49?,50+,51?,52+,53+,54+,57?,58-,59-,60+,61+;;;;/m1..../s1. The molecule has 1 aromatic carbocycles. The number of ketones is 1. The molecular formula is C64H99NO18Sn. The largest absolute Gasteiger partial charge is 0.432 e. The number of carbonyl (C=O) groups is 4. The number of allylic oxidation sites excluding steroid dienone is 2. The topological polar surface area (TPSA) is 298 Å². The van der Waals surface area contributed by atoms with Crippen LogP contribution in [0.2, 0.25) is 14.8 Å². The van der Waals surface area contributed by atoms with Gasteiger partial charge >= 0.3 is 128 Å². The van der Waals surface area contributed by atoms with E-state index in [0.29, 0.717) is 76.2 Å². The summed E-state index contributed by atoms with van der Waals surface area (Å²) in [6, 6.07) is 6.66. The Morgan fingerprint density at radius 2 is 1.38 bits per heavy atom. The Morgan fingerprint density at radius 3 is 2.05 bits per heavy atom. The molecule has 5 aliphatic carbocycles. The molecule has 20 heteroatoms. The number of hydrogen-bond donors (Lipinski definition) is 9. The van der Waals surface area contributed by atoms with E-state index in [4.69, 9.17) is 28.4 Å². The van der Waals surface area contributed by atoms with Gasteiger partial charge in [0.15, 0.2) is 18.7 Å². The number of aldehydes is 1. The van der Waals surface area contributed by atoms with E-state index in [1.54, 1.807) is 0 Å². The summed E-state index contributed by atoms with van der Waals surface area (Å²) in [4.78, 5) is 62.3. The predicted octanol–water partition coefficient (Wildman–Crippen LogP) is 4.88. The van der Waals surface area contributed by atoms with Crippen molar-refractivity contribution in [3.05, 3.63) is 41.5 Å². The molecule has 3 saturated heterocycles. The second-order valence-corrected chi connectivity index (χ2v) is 43.9. The van der Waals surface area contributed by atoms with Gasteiger partial charge in [-0.05, 0) is 111 Å². The van der Waals surface area contributed by atoms with Gasteiger partial charge in [0.1, 0.15) is 55.1 Å². The van der Waals surface area contributed by atoms with Gasteiger partial charge in [-0.1, -0.05) is 53.2 Å². The zero-order valence-corrected chi connectivity index (χ0v) is 54.1. The van der Waals surface area contributed by atoms with Crippen molar-refractivity contribution < 1.29 is 88.5 Å². The van der Waals surface area contributed by atoms with Gasteiger partial charge in [-0.25, -0.2) is 0 Å². The zero-order chi connectivity index (χ0) is 61.3. The predicted molar refractivity (Wildman–Crippen MR) is 311 cm³/mol. The van der Waals surface area contributed by atoms with Crippen LogP contribution in [0.3, 0.4) is 0 Å². The van der Waals surface area contributed by atoms with Gasteiger partial charge in [-0.3, -0.25) is 9.59 Å². The van der Waals surface area contributed by atoms with E-state index in [2.05, 4.69) is 73.0 Å². The molecule has 3 heterocycles. The molecule has 7 fully saturated rings. The molecule has 0 radical (unpaired) electrons. The van der Waals surface area contributed by atoms with Crippen molar-refractivity contribution in [1.29, 1.82) is 0 Å². The van der Waals surface area contributed by atoms with Crippen LogP contribution in [0.4, 0.5) is 0 Å². The normalized spacial score (nSPS) is 44.7. The molecule has 4 saturated carbocycles. The van der Waals surface area contributed by atoms with Crippen molar-refractivity contribution >= 4 is 45.9 Å². The molecule has 1 amide bonds. The van der Waals surface area contributed by atoms with Crippen LogP contribution < -0.4 is 8.90 Å². The molecule has 0 spiro atoms. The Balaban J connectivity index is 0.935. The van der Waals surface area contributed by atoms with Crippen LogP contribution in [-0.2, 0) is 42.8 Å². The summed E-state index contributed by atoms with van der Waals surface area (Å²) in [5.41, 5.74) is -0.848. The van der Waals surface area contributed by atoms with Crippen molar-refractivity contribution in [2.24, 2.45) is 50.2 Å². The Labute approximate surface area is 500 Å². The molecule has 11 unspecified atom stereocenters. The number of unbranched alkanes of at least 4 members (excludes halogenated alkanes) is 3. The van der Waals surface area contributed by atoms with Gasteiger partial charge in [0.05, 0.1) is 42.3 Å². The molecule has 9 N–H and O–H groups in total.